The maximum absolute atomic E-state index is 5.94. The van der Waals surface area contributed by atoms with Gasteiger partial charge >= 0.3 is 0 Å². The van der Waals surface area contributed by atoms with Crippen molar-refractivity contribution < 1.29 is 14.2 Å². The Morgan fingerprint density at radius 2 is 1.97 bits per heavy atom. The number of hydrogen-bond acceptors (Lipinski definition) is 5. The standard InChI is InChI=1S/C24H28N2O3S/c1-16-7-8-18(12-17(16)2)25-24-26(14-20-6-5-11-29-20)22(15-30-24)21-13-19(27-3)9-10-23(21)28-4/h7-10,12-13,15,20H,5-6,11,14H2,1-4H3. The molecular formula is C24H28N2O3S. The second-order valence-electron chi connectivity index (χ2n) is 7.60. The number of thiazole rings is 1. The number of rotatable bonds is 6. The molecule has 2 aromatic carbocycles. The summed E-state index contributed by atoms with van der Waals surface area (Å²) in [5.41, 5.74) is 5.54. The van der Waals surface area contributed by atoms with Gasteiger partial charge in [0.05, 0.1) is 38.2 Å². The Hall–Kier alpha value is -2.57. The summed E-state index contributed by atoms with van der Waals surface area (Å²) in [6.45, 7) is 5.84. The summed E-state index contributed by atoms with van der Waals surface area (Å²) in [5, 5.41) is 2.14. The zero-order valence-corrected chi connectivity index (χ0v) is 18.8. The van der Waals surface area contributed by atoms with Crippen molar-refractivity contribution in [3.63, 3.8) is 0 Å². The van der Waals surface area contributed by atoms with Gasteiger partial charge in [0.25, 0.3) is 0 Å². The van der Waals surface area contributed by atoms with Gasteiger partial charge in [0.2, 0.25) is 0 Å². The van der Waals surface area contributed by atoms with Crippen molar-refractivity contribution in [1.82, 2.24) is 4.57 Å². The lowest BCUT2D eigenvalue weighted by Crippen LogP contribution is -2.24. The van der Waals surface area contributed by atoms with Gasteiger partial charge in [0, 0.05) is 17.6 Å². The van der Waals surface area contributed by atoms with E-state index >= 15 is 0 Å². The van der Waals surface area contributed by atoms with E-state index in [1.807, 2.05) is 18.2 Å². The van der Waals surface area contributed by atoms with Gasteiger partial charge in [-0.15, -0.1) is 11.3 Å². The van der Waals surface area contributed by atoms with Gasteiger partial charge in [-0.05, 0) is 68.1 Å². The smallest absolute Gasteiger partial charge is 0.190 e. The highest BCUT2D eigenvalue weighted by atomic mass is 32.1. The van der Waals surface area contributed by atoms with Crippen molar-refractivity contribution >= 4 is 17.0 Å². The predicted molar refractivity (Wildman–Crippen MR) is 121 cm³/mol. The van der Waals surface area contributed by atoms with E-state index in [-0.39, 0.29) is 6.10 Å². The van der Waals surface area contributed by atoms with E-state index in [0.717, 1.165) is 59.2 Å². The van der Waals surface area contributed by atoms with Crippen LogP contribution in [0.5, 0.6) is 11.5 Å². The lowest BCUT2D eigenvalue weighted by atomic mass is 10.1. The van der Waals surface area contributed by atoms with Crippen LogP contribution in [0, 0.1) is 13.8 Å². The maximum atomic E-state index is 5.94. The Labute approximate surface area is 181 Å². The van der Waals surface area contributed by atoms with E-state index in [2.05, 4.69) is 42.0 Å². The van der Waals surface area contributed by atoms with Crippen molar-refractivity contribution in [1.29, 1.82) is 0 Å². The summed E-state index contributed by atoms with van der Waals surface area (Å²) in [6.07, 6.45) is 2.38. The lowest BCUT2D eigenvalue weighted by Gasteiger charge is -2.16. The highest BCUT2D eigenvalue weighted by Gasteiger charge is 2.20. The van der Waals surface area contributed by atoms with E-state index in [1.165, 1.54) is 11.1 Å². The minimum absolute atomic E-state index is 0.202. The molecule has 0 saturated carbocycles. The molecule has 0 spiro atoms. The third-order valence-corrected chi connectivity index (χ3v) is 6.47. The number of nitrogens with zero attached hydrogens (tertiary/aromatic N) is 2. The van der Waals surface area contributed by atoms with Gasteiger partial charge in [-0.25, -0.2) is 4.99 Å². The molecule has 0 bridgehead atoms. The van der Waals surface area contributed by atoms with Gasteiger partial charge < -0.3 is 18.8 Å². The van der Waals surface area contributed by atoms with E-state index < -0.39 is 0 Å². The highest BCUT2D eigenvalue weighted by Crippen LogP contribution is 2.34. The quantitative estimate of drug-likeness (QED) is 0.542. The number of benzene rings is 2. The van der Waals surface area contributed by atoms with Gasteiger partial charge in [-0.1, -0.05) is 6.07 Å². The number of hydrogen-bond donors (Lipinski definition) is 0. The van der Waals surface area contributed by atoms with Crippen molar-refractivity contribution in [2.24, 2.45) is 4.99 Å². The molecule has 1 fully saturated rings. The Kier molecular flexibility index (Phi) is 6.25. The van der Waals surface area contributed by atoms with Crippen LogP contribution in [-0.4, -0.2) is 31.5 Å². The summed E-state index contributed by atoms with van der Waals surface area (Å²) in [4.78, 5) is 5.94. The topological polar surface area (TPSA) is 45.0 Å². The molecule has 1 aliphatic rings. The summed E-state index contributed by atoms with van der Waals surface area (Å²) in [7, 11) is 3.38. The minimum Gasteiger partial charge on any atom is -0.497 e. The fourth-order valence-corrected chi connectivity index (χ4v) is 4.65. The fourth-order valence-electron chi connectivity index (χ4n) is 3.72. The minimum atomic E-state index is 0.202. The molecule has 0 N–H and O–H groups in total. The Balaban J connectivity index is 1.85. The second kappa shape index (κ2) is 9.06. The molecule has 5 nitrogen and oxygen atoms in total. The van der Waals surface area contributed by atoms with Gasteiger partial charge in [0.15, 0.2) is 4.80 Å². The van der Waals surface area contributed by atoms with Crippen LogP contribution in [0.3, 0.4) is 0 Å². The summed E-state index contributed by atoms with van der Waals surface area (Å²) in [6, 6.07) is 12.2. The molecule has 0 amide bonds. The van der Waals surface area contributed by atoms with E-state index in [9.17, 15) is 0 Å². The van der Waals surface area contributed by atoms with Gasteiger partial charge in [0.1, 0.15) is 11.5 Å². The molecule has 1 unspecified atom stereocenters. The molecule has 1 aliphatic heterocycles. The summed E-state index contributed by atoms with van der Waals surface area (Å²) >= 11 is 1.64. The SMILES string of the molecule is COc1ccc(OC)c(-c2csc(=Nc3ccc(C)c(C)c3)n2CC2CCCO2)c1. The van der Waals surface area contributed by atoms with E-state index in [0.29, 0.717) is 0 Å². The first-order valence-electron chi connectivity index (χ1n) is 10.2. The highest BCUT2D eigenvalue weighted by molar-refractivity contribution is 7.07. The van der Waals surface area contributed by atoms with Gasteiger partial charge in [-0.3, -0.25) is 0 Å². The average Bonchev–Trinajstić information content (AvgIpc) is 3.41. The first-order chi connectivity index (χ1) is 14.6. The van der Waals surface area contributed by atoms with Crippen LogP contribution in [0.2, 0.25) is 0 Å². The molecule has 0 radical (unpaired) electrons. The number of ether oxygens (including phenoxy) is 3. The van der Waals surface area contributed by atoms with Crippen molar-refractivity contribution in [3.05, 3.63) is 57.7 Å². The maximum Gasteiger partial charge on any atom is 0.190 e. The van der Waals surface area contributed by atoms with Crippen LogP contribution in [0.25, 0.3) is 11.3 Å². The monoisotopic (exact) mass is 424 g/mol. The Morgan fingerprint density at radius 3 is 2.67 bits per heavy atom. The molecule has 3 aromatic rings. The van der Waals surface area contributed by atoms with Gasteiger partial charge in [-0.2, -0.15) is 0 Å². The number of aryl methyl sites for hydroxylation is 2. The summed E-state index contributed by atoms with van der Waals surface area (Å²) < 4.78 is 19.3. The average molecular weight is 425 g/mol. The Bertz CT molecular complexity index is 1090. The van der Waals surface area contributed by atoms with Crippen LogP contribution in [0.15, 0.2) is 46.8 Å². The molecule has 0 aliphatic carbocycles. The Morgan fingerprint density at radius 1 is 1.10 bits per heavy atom. The first-order valence-corrected chi connectivity index (χ1v) is 11.1. The molecule has 158 valence electrons. The van der Waals surface area contributed by atoms with Crippen LogP contribution in [0.4, 0.5) is 5.69 Å². The number of methoxy groups -OCH3 is 2. The van der Waals surface area contributed by atoms with Crippen LogP contribution in [-0.2, 0) is 11.3 Å². The van der Waals surface area contributed by atoms with Crippen molar-refractivity contribution in [2.45, 2.75) is 39.3 Å². The zero-order chi connectivity index (χ0) is 21.1. The molecule has 4 rings (SSSR count). The largest absolute Gasteiger partial charge is 0.497 e. The number of aromatic nitrogens is 1. The van der Waals surface area contributed by atoms with Crippen LogP contribution >= 0.6 is 11.3 Å². The van der Waals surface area contributed by atoms with E-state index in [1.54, 1.807) is 25.6 Å². The zero-order valence-electron chi connectivity index (χ0n) is 18.0. The van der Waals surface area contributed by atoms with Crippen molar-refractivity contribution in [2.75, 3.05) is 20.8 Å². The molecule has 1 atom stereocenters. The first kappa shape index (κ1) is 20.7. The molecule has 6 heteroatoms. The molecule has 2 heterocycles. The van der Waals surface area contributed by atoms with Crippen LogP contribution in [0.1, 0.15) is 24.0 Å². The summed E-state index contributed by atoms with van der Waals surface area (Å²) in [5.74, 6) is 1.61. The predicted octanol–water partition coefficient (Wildman–Crippen LogP) is 5.26. The molecule has 1 aromatic heterocycles. The fraction of sp³-hybridized carbons (Fsp3) is 0.375. The third-order valence-electron chi connectivity index (χ3n) is 5.61. The third kappa shape index (κ3) is 4.30. The lowest BCUT2D eigenvalue weighted by molar-refractivity contribution is 0.0968. The normalized spacial score (nSPS) is 16.8. The van der Waals surface area contributed by atoms with Crippen molar-refractivity contribution in [3.8, 4) is 22.8 Å². The molecular weight excluding hydrogens is 396 g/mol. The molecule has 30 heavy (non-hydrogen) atoms. The molecule has 1 saturated heterocycles. The van der Waals surface area contributed by atoms with E-state index in [4.69, 9.17) is 19.2 Å². The second-order valence-corrected chi connectivity index (χ2v) is 8.43. The van der Waals surface area contributed by atoms with Crippen LogP contribution < -0.4 is 14.3 Å².